The van der Waals surface area contributed by atoms with Crippen LogP contribution in [0.4, 0.5) is 0 Å². The molecule has 4 rings (SSSR count). The maximum Gasteiger partial charge on any atom is 0.175 e. The second-order valence-corrected chi connectivity index (χ2v) is 10.1. The lowest BCUT2D eigenvalue weighted by Gasteiger charge is -2.31. The lowest BCUT2D eigenvalue weighted by molar-refractivity contribution is 0.245. The van der Waals surface area contributed by atoms with Gasteiger partial charge in [-0.1, -0.05) is 24.3 Å². The SMILES string of the molecule is Cc1ccccc1CCn1c2c(c3cc(S(C)(=O)=O)ccc31)C(C)N(C)CC2. The molecule has 0 radical (unpaired) electrons. The summed E-state index contributed by atoms with van der Waals surface area (Å²) in [5, 5.41) is 1.08. The summed E-state index contributed by atoms with van der Waals surface area (Å²) in [4.78, 5) is 2.75. The van der Waals surface area contributed by atoms with E-state index >= 15 is 0 Å². The van der Waals surface area contributed by atoms with Gasteiger partial charge in [0.05, 0.1) is 4.90 Å². The number of sulfone groups is 1. The van der Waals surface area contributed by atoms with Gasteiger partial charge in [-0.2, -0.15) is 0 Å². The molecule has 0 bridgehead atoms. The topological polar surface area (TPSA) is 42.3 Å². The van der Waals surface area contributed by atoms with E-state index in [2.05, 4.69) is 54.6 Å². The van der Waals surface area contributed by atoms with Crippen molar-refractivity contribution in [3.8, 4) is 0 Å². The monoisotopic (exact) mass is 396 g/mol. The van der Waals surface area contributed by atoms with Crippen molar-refractivity contribution in [2.75, 3.05) is 19.8 Å². The minimum atomic E-state index is -3.23. The third kappa shape index (κ3) is 3.27. The second kappa shape index (κ2) is 7.05. The molecule has 0 spiro atoms. The summed E-state index contributed by atoms with van der Waals surface area (Å²) in [5.74, 6) is 0. The van der Waals surface area contributed by atoms with Gasteiger partial charge in [0, 0.05) is 48.4 Å². The Kier molecular flexibility index (Phi) is 4.84. The Hall–Kier alpha value is -2.11. The number of hydrogen-bond acceptors (Lipinski definition) is 3. The predicted molar refractivity (Wildman–Crippen MR) is 115 cm³/mol. The van der Waals surface area contributed by atoms with Crippen LogP contribution in [0.15, 0.2) is 47.4 Å². The van der Waals surface area contributed by atoms with E-state index in [1.54, 1.807) is 6.07 Å². The zero-order chi connectivity index (χ0) is 20.1. The molecule has 1 aromatic heterocycles. The zero-order valence-electron chi connectivity index (χ0n) is 17.1. The molecule has 0 aliphatic carbocycles. The van der Waals surface area contributed by atoms with Crippen LogP contribution in [0.3, 0.4) is 0 Å². The minimum Gasteiger partial charge on any atom is -0.344 e. The van der Waals surface area contributed by atoms with Gasteiger partial charge >= 0.3 is 0 Å². The number of hydrogen-bond donors (Lipinski definition) is 0. The maximum absolute atomic E-state index is 12.1. The van der Waals surface area contributed by atoms with Gasteiger partial charge in [0.25, 0.3) is 0 Å². The van der Waals surface area contributed by atoms with Gasteiger partial charge in [0.15, 0.2) is 9.84 Å². The Morgan fingerprint density at radius 3 is 2.61 bits per heavy atom. The Bertz CT molecular complexity index is 1140. The average Bonchev–Trinajstić information content (AvgIpc) is 2.97. The Labute approximate surface area is 167 Å². The molecule has 1 atom stereocenters. The number of benzene rings is 2. The van der Waals surface area contributed by atoms with Crippen molar-refractivity contribution in [1.29, 1.82) is 0 Å². The first kappa shape index (κ1) is 19.2. The fourth-order valence-corrected chi connectivity index (χ4v) is 5.10. The quantitative estimate of drug-likeness (QED) is 0.665. The van der Waals surface area contributed by atoms with E-state index in [4.69, 9.17) is 0 Å². The molecule has 1 aliphatic heterocycles. The summed E-state index contributed by atoms with van der Waals surface area (Å²) in [6.07, 6.45) is 3.25. The molecular formula is C23H28N2O2S. The smallest absolute Gasteiger partial charge is 0.175 e. The van der Waals surface area contributed by atoms with Crippen LogP contribution in [-0.4, -0.2) is 37.7 Å². The number of aromatic nitrogens is 1. The van der Waals surface area contributed by atoms with Gasteiger partial charge in [-0.15, -0.1) is 0 Å². The molecule has 0 N–H and O–H groups in total. The third-order valence-electron chi connectivity index (χ3n) is 6.26. The molecule has 2 heterocycles. The number of aryl methyl sites for hydroxylation is 3. The molecule has 3 aromatic rings. The van der Waals surface area contributed by atoms with Crippen molar-refractivity contribution in [2.24, 2.45) is 0 Å². The lowest BCUT2D eigenvalue weighted by Crippen LogP contribution is -2.31. The van der Waals surface area contributed by atoms with Crippen molar-refractivity contribution in [3.63, 3.8) is 0 Å². The summed E-state index contributed by atoms with van der Waals surface area (Å²) < 4.78 is 26.7. The summed E-state index contributed by atoms with van der Waals surface area (Å²) >= 11 is 0. The number of fused-ring (bicyclic) bond motifs is 3. The summed E-state index contributed by atoms with van der Waals surface area (Å²) in [5.41, 5.74) is 6.49. The summed E-state index contributed by atoms with van der Waals surface area (Å²) in [7, 11) is -1.08. The van der Waals surface area contributed by atoms with Crippen molar-refractivity contribution in [3.05, 3.63) is 64.8 Å². The van der Waals surface area contributed by atoms with Gasteiger partial charge in [-0.3, -0.25) is 4.90 Å². The molecule has 0 amide bonds. The molecule has 0 fully saturated rings. The molecule has 5 heteroatoms. The van der Waals surface area contributed by atoms with E-state index in [-0.39, 0.29) is 6.04 Å². The molecule has 148 valence electrons. The van der Waals surface area contributed by atoms with Crippen LogP contribution in [0.25, 0.3) is 10.9 Å². The van der Waals surface area contributed by atoms with E-state index in [1.165, 1.54) is 28.6 Å². The van der Waals surface area contributed by atoms with Gasteiger partial charge in [0.1, 0.15) is 0 Å². The summed E-state index contributed by atoms with van der Waals surface area (Å²) in [6, 6.07) is 14.4. The standard InChI is InChI=1S/C23H28N2O2S/c1-16-7-5-6-8-18(16)11-14-25-21-10-9-19(28(4,26)27)15-20(21)23-17(2)24(3)13-12-22(23)25/h5-10,15,17H,11-14H2,1-4H3. The molecule has 2 aromatic carbocycles. The first-order valence-electron chi connectivity index (χ1n) is 9.87. The van der Waals surface area contributed by atoms with Crippen LogP contribution in [0.5, 0.6) is 0 Å². The van der Waals surface area contributed by atoms with Crippen LogP contribution in [0.2, 0.25) is 0 Å². The molecule has 28 heavy (non-hydrogen) atoms. The van der Waals surface area contributed by atoms with Gasteiger partial charge in [-0.25, -0.2) is 8.42 Å². The van der Waals surface area contributed by atoms with Gasteiger partial charge < -0.3 is 4.57 Å². The minimum absolute atomic E-state index is 0.278. The fraction of sp³-hybridized carbons (Fsp3) is 0.391. The zero-order valence-corrected chi connectivity index (χ0v) is 17.9. The summed E-state index contributed by atoms with van der Waals surface area (Å²) in [6.45, 7) is 6.31. The normalized spacial score (nSPS) is 17.8. The molecule has 0 saturated carbocycles. The fourth-order valence-electron chi connectivity index (χ4n) is 4.45. The first-order valence-corrected chi connectivity index (χ1v) is 11.8. The predicted octanol–water partition coefficient (Wildman–Crippen LogP) is 4.14. The highest BCUT2D eigenvalue weighted by molar-refractivity contribution is 7.90. The van der Waals surface area contributed by atoms with Crippen LogP contribution in [-0.2, 0) is 29.2 Å². The molecule has 0 saturated heterocycles. The van der Waals surface area contributed by atoms with Crippen molar-refractivity contribution in [2.45, 2.75) is 44.2 Å². The highest BCUT2D eigenvalue weighted by Crippen LogP contribution is 2.38. The van der Waals surface area contributed by atoms with Gasteiger partial charge in [0.2, 0.25) is 0 Å². The van der Waals surface area contributed by atoms with E-state index < -0.39 is 9.84 Å². The molecule has 1 aliphatic rings. The largest absolute Gasteiger partial charge is 0.344 e. The average molecular weight is 397 g/mol. The second-order valence-electron chi connectivity index (χ2n) is 8.05. The highest BCUT2D eigenvalue weighted by Gasteiger charge is 2.28. The molecule has 1 unspecified atom stereocenters. The van der Waals surface area contributed by atoms with E-state index in [0.29, 0.717) is 4.90 Å². The highest BCUT2D eigenvalue weighted by atomic mass is 32.2. The lowest BCUT2D eigenvalue weighted by atomic mass is 9.97. The molecule has 4 nitrogen and oxygen atoms in total. The van der Waals surface area contributed by atoms with Gasteiger partial charge in [-0.05, 0) is 62.2 Å². The van der Waals surface area contributed by atoms with E-state index in [1.807, 2.05) is 12.1 Å². The third-order valence-corrected chi connectivity index (χ3v) is 7.37. The number of likely N-dealkylation sites (N-methyl/N-ethyl adjacent to an activating group) is 1. The first-order chi connectivity index (χ1) is 13.3. The maximum atomic E-state index is 12.1. The number of nitrogens with zero attached hydrogens (tertiary/aromatic N) is 2. The van der Waals surface area contributed by atoms with E-state index in [9.17, 15) is 8.42 Å². The van der Waals surface area contributed by atoms with E-state index in [0.717, 1.165) is 36.8 Å². The molecular weight excluding hydrogens is 368 g/mol. The van der Waals surface area contributed by atoms with Crippen molar-refractivity contribution >= 4 is 20.7 Å². The van der Waals surface area contributed by atoms with Crippen molar-refractivity contribution < 1.29 is 8.42 Å². The van der Waals surface area contributed by atoms with Crippen LogP contribution < -0.4 is 0 Å². The van der Waals surface area contributed by atoms with Crippen LogP contribution >= 0.6 is 0 Å². The number of rotatable bonds is 4. The Balaban J connectivity index is 1.85. The van der Waals surface area contributed by atoms with Crippen LogP contribution in [0, 0.1) is 6.92 Å². The Morgan fingerprint density at radius 1 is 1.14 bits per heavy atom. The Morgan fingerprint density at radius 2 is 1.89 bits per heavy atom. The van der Waals surface area contributed by atoms with Crippen molar-refractivity contribution in [1.82, 2.24) is 9.47 Å². The van der Waals surface area contributed by atoms with Crippen LogP contribution in [0.1, 0.15) is 35.3 Å².